The molecule has 0 heterocycles. The van der Waals surface area contributed by atoms with E-state index >= 15 is 0 Å². The van der Waals surface area contributed by atoms with E-state index in [-0.39, 0.29) is 22.3 Å². The Kier molecular flexibility index (Phi) is 10.1. The van der Waals surface area contributed by atoms with Crippen molar-refractivity contribution in [3.05, 3.63) is 118 Å². The molecule has 0 aliphatic heterocycles. The highest BCUT2D eigenvalue weighted by molar-refractivity contribution is 8.76. The Morgan fingerprint density at radius 1 is 0.500 bits per heavy atom. The quantitative estimate of drug-likeness (QED) is 0.0932. The summed E-state index contributed by atoms with van der Waals surface area (Å²) in [5.41, 5.74) is 3.65. The lowest BCUT2D eigenvalue weighted by Crippen LogP contribution is -2.07. The fourth-order valence-corrected chi connectivity index (χ4v) is 6.71. The molecule has 0 saturated heterocycles. The van der Waals surface area contributed by atoms with Crippen LogP contribution < -0.4 is 0 Å². The van der Waals surface area contributed by atoms with E-state index in [9.17, 15) is 39.6 Å². The van der Waals surface area contributed by atoms with Gasteiger partial charge in [0.05, 0.1) is 22.3 Å². The lowest BCUT2D eigenvalue weighted by Gasteiger charge is -2.13. The minimum atomic E-state index is -1.09. The molecule has 4 rings (SSSR count). The molecule has 0 aliphatic rings. The summed E-state index contributed by atoms with van der Waals surface area (Å²) in [4.78, 5) is 47.2. The second-order valence-corrected chi connectivity index (χ2v) is 11.9. The molecular formula is C32H26O8S2. The lowest BCUT2D eigenvalue weighted by atomic mass is 9.93. The summed E-state index contributed by atoms with van der Waals surface area (Å²) in [6.45, 7) is 0. The zero-order valence-corrected chi connectivity index (χ0v) is 23.8. The molecule has 10 heteroatoms. The molecule has 214 valence electrons. The summed E-state index contributed by atoms with van der Waals surface area (Å²) in [6.07, 6.45) is 0.948. The third kappa shape index (κ3) is 7.20. The molecule has 0 bridgehead atoms. The van der Waals surface area contributed by atoms with Crippen LogP contribution in [0.4, 0.5) is 0 Å². The molecule has 4 N–H and O–H groups in total. The molecule has 0 amide bonds. The summed E-state index contributed by atoms with van der Waals surface area (Å²) in [5.74, 6) is -3.14. The Balaban J connectivity index is 1.42. The summed E-state index contributed by atoms with van der Waals surface area (Å²) in [5, 5.41) is 38.6. The Bertz CT molecular complexity index is 1540. The number of hydrogen-bond acceptors (Lipinski definition) is 6. The van der Waals surface area contributed by atoms with Gasteiger partial charge in [0.1, 0.15) is 0 Å². The molecule has 4 aromatic carbocycles. The van der Waals surface area contributed by atoms with Crippen LogP contribution >= 0.6 is 21.6 Å². The van der Waals surface area contributed by atoms with Gasteiger partial charge in [-0.2, -0.15) is 0 Å². The van der Waals surface area contributed by atoms with Gasteiger partial charge in [0.25, 0.3) is 0 Å². The zero-order valence-electron chi connectivity index (χ0n) is 22.1. The van der Waals surface area contributed by atoms with Gasteiger partial charge in [-0.05, 0) is 70.5 Å². The largest absolute Gasteiger partial charge is 0.478 e. The second-order valence-electron chi connectivity index (χ2n) is 9.21. The second kappa shape index (κ2) is 13.9. The summed E-state index contributed by atoms with van der Waals surface area (Å²) >= 11 is 0. The average Bonchev–Trinajstić information content (AvgIpc) is 2.98. The molecule has 42 heavy (non-hydrogen) atoms. The van der Waals surface area contributed by atoms with Crippen molar-refractivity contribution in [2.24, 2.45) is 0 Å². The molecule has 0 unspecified atom stereocenters. The van der Waals surface area contributed by atoms with E-state index in [2.05, 4.69) is 0 Å². The van der Waals surface area contributed by atoms with Crippen LogP contribution in [0.25, 0.3) is 22.3 Å². The highest BCUT2D eigenvalue weighted by atomic mass is 33.1. The van der Waals surface area contributed by atoms with Gasteiger partial charge in [-0.15, -0.1) is 0 Å². The number of carbonyl (C=O) groups is 4. The summed E-state index contributed by atoms with van der Waals surface area (Å²) in [6, 6.07) is 22.7. The van der Waals surface area contributed by atoms with E-state index in [1.807, 2.05) is 0 Å². The number of aromatic carboxylic acids is 4. The van der Waals surface area contributed by atoms with Crippen molar-refractivity contribution in [1.29, 1.82) is 0 Å². The predicted octanol–water partition coefficient (Wildman–Crippen LogP) is 6.98. The maximum atomic E-state index is 12.2. The standard InChI is InChI=1S/C32H26O8S2/c33-29(34)23-9-1-7-21(17-23)25-11-3-5-19(27(25)31(37)38)13-15-41-42-16-14-20-6-4-12-26(28(20)32(39)40)22-8-2-10-24(18-22)30(35)36/h1-12,17-18H,13-16H2,(H,33,34)(H,35,36)(H,37,38)(H,39,40). The van der Waals surface area contributed by atoms with Gasteiger partial charge in [-0.25, -0.2) is 19.2 Å². The third-order valence-corrected chi connectivity index (χ3v) is 8.97. The average molecular weight is 603 g/mol. The molecular weight excluding hydrogens is 576 g/mol. The van der Waals surface area contributed by atoms with Gasteiger partial charge in [0.2, 0.25) is 0 Å². The Hall–Kier alpha value is -4.54. The van der Waals surface area contributed by atoms with Crippen molar-refractivity contribution in [2.75, 3.05) is 11.5 Å². The van der Waals surface area contributed by atoms with Crippen LogP contribution in [0.15, 0.2) is 84.9 Å². The van der Waals surface area contributed by atoms with Gasteiger partial charge in [0, 0.05) is 11.5 Å². The van der Waals surface area contributed by atoms with E-state index in [1.165, 1.54) is 24.3 Å². The number of benzene rings is 4. The highest BCUT2D eigenvalue weighted by Crippen LogP contribution is 2.32. The van der Waals surface area contributed by atoms with Gasteiger partial charge in [-0.3, -0.25) is 0 Å². The Morgan fingerprint density at radius 3 is 1.24 bits per heavy atom. The molecule has 8 nitrogen and oxygen atoms in total. The molecule has 0 fully saturated rings. The summed E-state index contributed by atoms with van der Waals surface area (Å²) in [7, 11) is 3.10. The number of rotatable bonds is 13. The Morgan fingerprint density at radius 2 is 0.881 bits per heavy atom. The van der Waals surface area contributed by atoms with Crippen LogP contribution in [0, 0.1) is 0 Å². The minimum absolute atomic E-state index is 0.0755. The van der Waals surface area contributed by atoms with Crippen molar-refractivity contribution < 1.29 is 39.6 Å². The number of hydrogen-bond donors (Lipinski definition) is 4. The SMILES string of the molecule is O=C(O)c1cccc(-c2cccc(CCSSCCc3cccc(-c4cccc(C(=O)O)c4)c3C(=O)O)c2C(=O)O)c1. The van der Waals surface area contributed by atoms with Gasteiger partial charge < -0.3 is 20.4 Å². The first-order valence-electron chi connectivity index (χ1n) is 12.8. The zero-order chi connectivity index (χ0) is 30.2. The third-order valence-electron chi connectivity index (χ3n) is 6.56. The molecule has 4 aromatic rings. The normalized spacial score (nSPS) is 10.8. The van der Waals surface area contributed by atoms with Crippen molar-refractivity contribution >= 4 is 45.5 Å². The van der Waals surface area contributed by atoms with Crippen molar-refractivity contribution in [1.82, 2.24) is 0 Å². The van der Waals surface area contributed by atoms with Crippen molar-refractivity contribution in [3.63, 3.8) is 0 Å². The van der Waals surface area contributed by atoms with E-state index in [1.54, 1.807) is 82.3 Å². The number of carboxylic acid groups (broad SMARTS) is 4. The van der Waals surface area contributed by atoms with E-state index in [4.69, 9.17) is 0 Å². The van der Waals surface area contributed by atoms with E-state index in [0.717, 1.165) is 0 Å². The monoisotopic (exact) mass is 602 g/mol. The van der Waals surface area contributed by atoms with Crippen molar-refractivity contribution in [2.45, 2.75) is 12.8 Å². The maximum absolute atomic E-state index is 12.2. The highest BCUT2D eigenvalue weighted by Gasteiger charge is 2.19. The smallest absolute Gasteiger partial charge is 0.336 e. The summed E-state index contributed by atoms with van der Waals surface area (Å²) < 4.78 is 0. The minimum Gasteiger partial charge on any atom is -0.478 e. The van der Waals surface area contributed by atoms with Crippen LogP contribution in [0.3, 0.4) is 0 Å². The molecule has 0 spiro atoms. The predicted molar refractivity (Wildman–Crippen MR) is 164 cm³/mol. The molecule has 0 saturated carbocycles. The van der Waals surface area contributed by atoms with Crippen LogP contribution in [0.2, 0.25) is 0 Å². The fourth-order valence-electron chi connectivity index (χ4n) is 4.66. The van der Waals surface area contributed by atoms with Crippen LogP contribution in [0.1, 0.15) is 52.6 Å². The first-order valence-corrected chi connectivity index (χ1v) is 15.3. The van der Waals surface area contributed by atoms with Gasteiger partial charge in [0.15, 0.2) is 0 Å². The Labute approximate surface area is 249 Å². The number of aryl methyl sites for hydroxylation is 2. The molecule has 0 aromatic heterocycles. The van der Waals surface area contributed by atoms with Crippen LogP contribution in [-0.4, -0.2) is 55.8 Å². The fraction of sp³-hybridized carbons (Fsp3) is 0.125. The number of carboxylic acids is 4. The van der Waals surface area contributed by atoms with Crippen LogP contribution in [-0.2, 0) is 12.8 Å². The van der Waals surface area contributed by atoms with E-state index in [0.29, 0.717) is 57.7 Å². The first kappa shape index (κ1) is 30.4. The van der Waals surface area contributed by atoms with Crippen molar-refractivity contribution in [3.8, 4) is 22.3 Å². The molecule has 0 atom stereocenters. The van der Waals surface area contributed by atoms with Crippen LogP contribution in [0.5, 0.6) is 0 Å². The topological polar surface area (TPSA) is 149 Å². The van der Waals surface area contributed by atoms with E-state index < -0.39 is 23.9 Å². The molecule has 0 aliphatic carbocycles. The maximum Gasteiger partial charge on any atom is 0.336 e. The first-order chi connectivity index (χ1) is 20.2. The molecule has 0 radical (unpaired) electrons. The van der Waals surface area contributed by atoms with Gasteiger partial charge >= 0.3 is 23.9 Å². The van der Waals surface area contributed by atoms with Gasteiger partial charge in [-0.1, -0.05) is 82.3 Å². The lowest BCUT2D eigenvalue weighted by molar-refractivity contribution is 0.0685.